The minimum atomic E-state index is -0.525. The van der Waals surface area contributed by atoms with Crippen LogP contribution in [0.3, 0.4) is 0 Å². The van der Waals surface area contributed by atoms with Gasteiger partial charge in [0, 0.05) is 11.7 Å². The molecule has 4 heteroatoms. The summed E-state index contributed by atoms with van der Waals surface area (Å²) in [6, 6.07) is 13.9. The molecule has 1 atom stereocenters. The van der Waals surface area contributed by atoms with Gasteiger partial charge in [-0.1, -0.05) is 31.2 Å². The summed E-state index contributed by atoms with van der Waals surface area (Å²) in [5.41, 5.74) is 2.85. The van der Waals surface area contributed by atoms with Crippen LogP contribution in [-0.4, -0.2) is 11.9 Å². The number of hydrogen-bond acceptors (Lipinski definition) is 2. The molecule has 0 aliphatic heterocycles. The van der Waals surface area contributed by atoms with Gasteiger partial charge in [-0.3, -0.25) is 4.79 Å². The Kier molecular flexibility index (Phi) is 4.60. The lowest BCUT2D eigenvalue weighted by Crippen LogP contribution is -2.34. The normalized spacial score (nSPS) is 15.0. The van der Waals surface area contributed by atoms with Crippen molar-refractivity contribution in [2.45, 2.75) is 38.3 Å². The zero-order chi connectivity index (χ0) is 16.2. The van der Waals surface area contributed by atoms with Crippen molar-refractivity contribution < 1.29 is 9.18 Å². The van der Waals surface area contributed by atoms with Crippen LogP contribution in [0.15, 0.2) is 48.5 Å². The van der Waals surface area contributed by atoms with Crippen LogP contribution in [-0.2, 0) is 11.2 Å². The summed E-state index contributed by atoms with van der Waals surface area (Å²) in [6.07, 6.45) is 3.01. The van der Waals surface area contributed by atoms with Gasteiger partial charge in [0.25, 0.3) is 0 Å². The first-order chi connectivity index (χ1) is 11.2. The number of anilines is 1. The molecule has 3 nitrogen and oxygen atoms in total. The molecule has 2 N–H and O–H groups in total. The van der Waals surface area contributed by atoms with E-state index in [-0.39, 0.29) is 17.8 Å². The van der Waals surface area contributed by atoms with Crippen LogP contribution in [0.2, 0.25) is 0 Å². The topological polar surface area (TPSA) is 41.1 Å². The van der Waals surface area contributed by atoms with E-state index >= 15 is 0 Å². The van der Waals surface area contributed by atoms with Gasteiger partial charge in [0.1, 0.15) is 11.9 Å². The van der Waals surface area contributed by atoms with E-state index in [1.807, 2.05) is 18.2 Å². The predicted octanol–water partition coefficient (Wildman–Crippen LogP) is 3.82. The van der Waals surface area contributed by atoms with E-state index in [0.717, 1.165) is 30.5 Å². The summed E-state index contributed by atoms with van der Waals surface area (Å²) in [7, 11) is 0. The second-order valence-corrected chi connectivity index (χ2v) is 5.97. The third-order valence-corrected chi connectivity index (χ3v) is 4.04. The van der Waals surface area contributed by atoms with Crippen molar-refractivity contribution in [3.8, 4) is 0 Å². The van der Waals surface area contributed by atoms with Crippen molar-refractivity contribution in [3.63, 3.8) is 0 Å². The van der Waals surface area contributed by atoms with Crippen LogP contribution in [0, 0.1) is 5.82 Å². The van der Waals surface area contributed by atoms with Crippen molar-refractivity contribution in [1.82, 2.24) is 5.32 Å². The maximum Gasteiger partial charge on any atom is 0.247 e. The van der Waals surface area contributed by atoms with Crippen LogP contribution >= 0.6 is 0 Å². The zero-order valence-electron chi connectivity index (χ0n) is 13.2. The minimum Gasteiger partial charge on any atom is -0.370 e. The Hall–Kier alpha value is -2.36. The maximum atomic E-state index is 13.2. The first-order valence-corrected chi connectivity index (χ1v) is 8.07. The van der Waals surface area contributed by atoms with Crippen LogP contribution < -0.4 is 10.6 Å². The van der Waals surface area contributed by atoms with Gasteiger partial charge in [-0.2, -0.15) is 0 Å². The number of nitrogens with one attached hydrogen (secondary N) is 2. The van der Waals surface area contributed by atoms with Crippen molar-refractivity contribution in [1.29, 1.82) is 0 Å². The molecular formula is C19H21FN2O. The number of amides is 1. The van der Waals surface area contributed by atoms with Gasteiger partial charge >= 0.3 is 0 Å². The average molecular weight is 312 g/mol. The van der Waals surface area contributed by atoms with Crippen molar-refractivity contribution in [2.75, 3.05) is 5.32 Å². The minimum absolute atomic E-state index is 0.0685. The molecule has 0 spiro atoms. The highest BCUT2D eigenvalue weighted by Crippen LogP contribution is 2.24. The molecule has 0 saturated heterocycles. The molecule has 1 amide bonds. The van der Waals surface area contributed by atoms with E-state index in [9.17, 15) is 9.18 Å². The Labute approximate surface area is 135 Å². The second kappa shape index (κ2) is 6.82. The maximum absolute atomic E-state index is 13.2. The number of aryl methyl sites for hydroxylation is 1. The average Bonchev–Trinajstić information content (AvgIpc) is 3.37. The Bertz CT molecular complexity index is 680. The van der Waals surface area contributed by atoms with Gasteiger partial charge in [0.2, 0.25) is 5.91 Å². The van der Waals surface area contributed by atoms with Gasteiger partial charge in [0.05, 0.1) is 0 Å². The van der Waals surface area contributed by atoms with E-state index in [1.165, 1.54) is 17.7 Å². The first-order valence-electron chi connectivity index (χ1n) is 8.07. The van der Waals surface area contributed by atoms with Gasteiger partial charge in [-0.25, -0.2) is 4.39 Å². The number of hydrogen-bond donors (Lipinski definition) is 2. The summed E-state index contributed by atoms with van der Waals surface area (Å²) >= 11 is 0. The largest absolute Gasteiger partial charge is 0.370 e. The molecule has 1 aliphatic rings. The highest BCUT2D eigenvalue weighted by Gasteiger charge is 2.28. The molecule has 3 rings (SSSR count). The SMILES string of the molecule is CCc1cccc(NC(C(=O)NC2CC2)c2ccc(F)cc2)c1. The Morgan fingerprint density at radius 1 is 1.22 bits per heavy atom. The Balaban J connectivity index is 1.83. The van der Waals surface area contributed by atoms with Crippen LogP contribution in [0.4, 0.5) is 10.1 Å². The van der Waals surface area contributed by atoms with E-state index < -0.39 is 6.04 Å². The van der Waals surface area contributed by atoms with Crippen molar-refractivity contribution in [2.24, 2.45) is 0 Å². The Morgan fingerprint density at radius 3 is 2.61 bits per heavy atom. The van der Waals surface area contributed by atoms with Gasteiger partial charge in [0.15, 0.2) is 0 Å². The molecule has 23 heavy (non-hydrogen) atoms. The molecule has 2 aromatic rings. The van der Waals surface area contributed by atoms with Crippen molar-refractivity contribution in [3.05, 3.63) is 65.5 Å². The third-order valence-electron chi connectivity index (χ3n) is 4.04. The molecule has 1 fully saturated rings. The van der Waals surface area contributed by atoms with Crippen LogP contribution in [0.5, 0.6) is 0 Å². The lowest BCUT2D eigenvalue weighted by atomic mass is 10.0. The van der Waals surface area contributed by atoms with E-state index in [1.54, 1.807) is 12.1 Å². The molecule has 0 heterocycles. The monoisotopic (exact) mass is 312 g/mol. The number of rotatable bonds is 6. The third kappa shape index (κ3) is 4.09. The van der Waals surface area contributed by atoms with E-state index in [4.69, 9.17) is 0 Å². The fraction of sp³-hybridized carbons (Fsp3) is 0.316. The van der Waals surface area contributed by atoms with E-state index in [0.29, 0.717) is 0 Å². The quantitative estimate of drug-likeness (QED) is 0.851. The number of halogens is 1. The Morgan fingerprint density at radius 2 is 1.96 bits per heavy atom. The summed E-state index contributed by atoms with van der Waals surface area (Å²) in [5.74, 6) is -0.371. The fourth-order valence-corrected chi connectivity index (χ4v) is 2.52. The van der Waals surface area contributed by atoms with Gasteiger partial charge in [-0.15, -0.1) is 0 Å². The molecule has 1 aliphatic carbocycles. The molecule has 0 radical (unpaired) electrons. The lowest BCUT2D eigenvalue weighted by Gasteiger charge is -2.20. The lowest BCUT2D eigenvalue weighted by molar-refractivity contribution is -0.122. The zero-order valence-corrected chi connectivity index (χ0v) is 13.2. The number of benzene rings is 2. The molecule has 2 aromatic carbocycles. The highest BCUT2D eigenvalue weighted by molar-refractivity contribution is 5.86. The number of carbonyl (C=O) groups is 1. The molecular weight excluding hydrogens is 291 g/mol. The second-order valence-electron chi connectivity index (χ2n) is 5.97. The van der Waals surface area contributed by atoms with Crippen LogP contribution in [0.25, 0.3) is 0 Å². The molecule has 1 unspecified atom stereocenters. The molecule has 0 bridgehead atoms. The highest BCUT2D eigenvalue weighted by atomic mass is 19.1. The summed E-state index contributed by atoms with van der Waals surface area (Å²) < 4.78 is 13.2. The molecule has 120 valence electrons. The number of carbonyl (C=O) groups excluding carboxylic acids is 1. The summed E-state index contributed by atoms with van der Waals surface area (Å²) in [4.78, 5) is 12.6. The predicted molar refractivity (Wildman–Crippen MR) is 89.7 cm³/mol. The summed E-state index contributed by atoms with van der Waals surface area (Å²) in [5, 5.41) is 6.31. The van der Waals surface area contributed by atoms with Gasteiger partial charge in [-0.05, 0) is 54.7 Å². The van der Waals surface area contributed by atoms with E-state index in [2.05, 4.69) is 23.6 Å². The van der Waals surface area contributed by atoms with Gasteiger partial charge < -0.3 is 10.6 Å². The van der Waals surface area contributed by atoms with Crippen LogP contribution in [0.1, 0.15) is 36.9 Å². The molecule has 0 aromatic heterocycles. The van der Waals surface area contributed by atoms with Crippen molar-refractivity contribution >= 4 is 11.6 Å². The smallest absolute Gasteiger partial charge is 0.247 e. The standard InChI is InChI=1S/C19H21FN2O/c1-2-13-4-3-5-17(12-13)21-18(19(23)22-16-10-11-16)14-6-8-15(20)9-7-14/h3-9,12,16,18,21H,2,10-11H2,1H3,(H,22,23). The fourth-order valence-electron chi connectivity index (χ4n) is 2.52. The summed E-state index contributed by atoms with van der Waals surface area (Å²) in [6.45, 7) is 2.09. The molecule has 1 saturated carbocycles. The first kappa shape index (κ1) is 15.5.